The zero-order valence-corrected chi connectivity index (χ0v) is 23.7. The topological polar surface area (TPSA) is 118 Å². The molecule has 202 valence electrons. The molecule has 1 saturated carbocycles. The van der Waals surface area contributed by atoms with Gasteiger partial charge in [0.05, 0.1) is 15.2 Å². The zero-order chi connectivity index (χ0) is 28.4. The lowest BCUT2D eigenvalue weighted by Crippen LogP contribution is -2.28. The van der Waals surface area contributed by atoms with E-state index < -0.39 is 35.8 Å². The number of carboxylic acids is 1. The van der Waals surface area contributed by atoms with E-state index in [-0.39, 0.29) is 10.8 Å². The second-order valence-corrected chi connectivity index (χ2v) is 15.4. The highest BCUT2D eigenvalue weighted by atomic mass is 32.2. The maximum Gasteiger partial charge on any atom is 0.314 e. The minimum Gasteiger partial charge on any atom is -0.481 e. The van der Waals surface area contributed by atoms with Gasteiger partial charge in [0.25, 0.3) is 0 Å². The van der Waals surface area contributed by atoms with Gasteiger partial charge in [0.15, 0.2) is 19.7 Å². The molecule has 2 atom stereocenters. The number of nitrogens with zero attached hydrogens (tertiary/aromatic N) is 1. The molecule has 1 aliphatic carbocycles. The lowest BCUT2D eigenvalue weighted by Gasteiger charge is -2.24. The number of rotatable bonds is 7. The Morgan fingerprint density at radius 3 is 2.26 bits per heavy atom. The molecule has 1 aromatic heterocycles. The molecule has 0 amide bonds. The first-order valence-electron chi connectivity index (χ1n) is 12.4. The molecule has 4 aromatic rings. The van der Waals surface area contributed by atoms with Crippen molar-refractivity contribution in [3.63, 3.8) is 0 Å². The summed E-state index contributed by atoms with van der Waals surface area (Å²) in [6.07, 6.45) is 4.41. The van der Waals surface area contributed by atoms with Crippen LogP contribution in [0, 0.1) is 0 Å². The van der Waals surface area contributed by atoms with Crippen LogP contribution in [0.5, 0.6) is 0 Å². The Balaban J connectivity index is 1.61. The highest BCUT2D eigenvalue weighted by Crippen LogP contribution is 2.61. The number of benzene rings is 3. The molecular formula is C30H29NO6S2. The molecule has 1 fully saturated rings. The van der Waals surface area contributed by atoms with Crippen molar-refractivity contribution in [1.29, 1.82) is 0 Å². The number of hydrogen-bond acceptors (Lipinski definition) is 6. The number of carboxylic acid groups (broad SMARTS) is 1. The molecule has 2 unspecified atom stereocenters. The Hall–Kier alpha value is -3.56. The molecule has 9 heteroatoms. The molecular weight excluding hydrogens is 534 g/mol. The SMILES string of the molecule is CC(C)(c1cc(-c2cccc(C3CC3(C(=O)O)c3ccc(S(C)(=O)=O)cc3)c2)c2ncccc2c1)S(C)(=O)=O. The van der Waals surface area contributed by atoms with E-state index in [4.69, 9.17) is 0 Å². The summed E-state index contributed by atoms with van der Waals surface area (Å²) < 4.78 is 47.9. The van der Waals surface area contributed by atoms with Crippen molar-refractivity contribution < 1.29 is 26.7 Å². The molecule has 5 rings (SSSR count). The fourth-order valence-electron chi connectivity index (χ4n) is 5.24. The highest BCUT2D eigenvalue weighted by Gasteiger charge is 2.62. The van der Waals surface area contributed by atoms with E-state index in [1.807, 2.05) is 42.5 Å². The van der Waals surface area contributed by atoms with Crippen molar-refractivity contribution in [2.75, 3.05) is 12.5 Å². The number of aromatic nitrogens is 1. The summed E-state index contributed by atoms with van der Waals surface area (Å²) in [6.45, 7) is 3.36. The number of fused-ring (bicyclic) bond motifs is 1. The van der Waals surface area contributed by atoms with Gasteiger partial charge in [-0.1, -0.05) is 42.5 Å². The van der Waals surface area contributed by atoms with Gasteiger partial charge in [-0.25, -0.2) is 16.8 Å². The predicted octanol–water partition coefficient (Wildman–Crippen LogP) is 5.09. The van der Waals surface area contributed by atoms with Gasteiger partial charge >= 0.3 is 5.97 Å². The van der Waals surface area contributed by atoms with E-state index in [9.17, 15) is 26.7 Å². The van der Waals surface area contributed by atoms with Gasteiger partial charge in [0, 0.05) is 35.6 Å². The molecule has 1 heterocycles. The van der Waals surface area contributed by atoms with Crippen molar-refractivity contribution in [2.24, 2.45) is 0 Å². The van der Waals surface area contributed by atoms with E-state index in [0.717, 1.165) is 33.8 Å². The van der Waals surface area contributed by atoms with Crippen molar-refractivity contribution in [3.8, 4) is 11.1 Å². The maximum atomic E-state index is 12.6. The van der Waals surface area contributed by atoms with Crippen molar-refractivity contribution >= 4 is 36.5 Å². The Morgan fingerprint density at radius 2 is 1.64 bits per heavy atom. The summed E-state index contributed by atoms with van der Waals surface area (Å²) in [5, 5.41) is 11.1. The van der Waals surface area contributed by atoms with E-state index in [1.54, 1.807) is 38.2 Å². The number of sulfone groups is 2. The molecule has 1 aliphatic rings. The Bertz CT molecular complexity index is 1840. The second-order valence-electron chi connectivity index (χ2n) is 10.8. The van der Waals surface area contributed by atoms with Crippen LogP contribution < -0.4 is 0 Å². The smallest absolute Gasteiger partial charge is 0.314 e. The Labute approximate surface area is 228 Å². The third kappa shape index (κ3) is 4.53. The van der Waals surface area contributed by atoms with Gasteiger partial charge in [-0.3, -0.25) is 9.78 Å². The fourth-order valence-corrected chi connectivity index (χ4v) is 6.42. The number of aliphatic carboxylic acids is 1. The molecule has 0 spiro atoms. The quantitative estimate of drug-likeness (QED) is 0.333. The molecule has 3 aromatic carbocycles. The monoisotopic (exact) mass is 563 g/mol. The average molecular weight is 564 g/mol. The Morgan fingerprint density at radius 1 is 0.949 bits per heavy atom. The van der Waals surface area contributed by atoms with Crippen LogP contribution in [-0.4, -0.2) is 45.4 Å². The number of carbonyl (C=O) groups is 1. The van der Waals surface area contributed by atoms with Crippen molar-refractivity contribution in [3.05, 3.63) is 95.7 Å². The van der Waals surface area contributed by atoms with Crippen LogP contribution in [0.15, 0.2) is 83.9 Å². The molecule has 0 aliphatic heterocycles. The number of pyridine rings is 1. The second kappa shape index (κ2) is 8.99. The van der Waals surface area contributed by atoms with Crippen molar-refractivity contribution in [2.45, 2.75) is 41.2 Å². The van der Waals surface area contributed by atoms with Gasteiger partial charge in [-0.15, -0.1) is 0 Å². The van der Waals surface area contributed by atoms with Gasteiger partial charge in [0.2, 0.25) is 0 Å². The van der Waals surface area contributed by atoms with E-state index in [0.29, 0.717) is 17.5 Å². The molecule has 0 bridgehead atoms. The molecule has 0 saturated heterocycles. The van der Waals surface area contributed by atoms with Crippen LogP contribution >= 0.6 is 0 Å². The van der Waals surface area contributed by atoms with E-state index >= 15 is 0 Å². The normalized spacial score (nSPS) is 19.6. The predicted molar refractivity (Wildman–Crippen MR) is 151 cm³/mol. The highest BCUT2D eigenvalue weighted by molar-refractivity contribution is 7.91. The first-order chi connectivity index (χ1) is 18.2. The minimum absolute atomic E-state index is 0.141. The largest absolute Gasteiger partial charge is 0.481 e. The zero-order valence-electron chi connectivity index (χ0n) is 22.0. The summed E-state index contributed by atoms with van der Waals surface area (Å²) in [5.41, 5.74) is 3.17. The third-order valence-corrected chi connectivity index (χ3v) is 11.3. The summed E-state index contributed by atoms with van der Waals surface area (Å²) in [7, 11) is -6.83. The first-order valence-corrected chi connectivity index (χ1v) is 16.2. The average Bonchev–Trinajstić information content (AvgIpc) is 3.64. The summed E-state index contributed by atoms with van der Waals surface area (Å²) in [6, 6.07) is 21.1. The van der Waals surface area contributed by atoms with Crippen LogP contribution in [0.2, 0.25) is 0 Å². The molecule has 1 N–H and O–H groups in total. The lowest BCUT2D eigenvalue weighted by atomic mass is 9.89. The minimum atomic E-state index is -3.43. The van der Waals surface area contributed by atoms with Crippen LogP contribution in [0.1, 0.15) is 42.9 Å². The van der Waals surface area contributed by atoms with Crippen LogP contribution in [0.4, 0.5) is 0 Å². The molecule has 39 heavy (non-hydrogen) atoms. The summed E-state index contributed by atoms with van der Waals surface area (Å²) >= 11 is 0. The fraction of sp³-hybridized carbons (Fsp3) is 0.267. The molecule has 0 radical (unpaired) electrons. The first kappa shape index (κ1) is 27.0. The van der Waals surface area contributed by atoms with Gasteiger partial charge in [0.1, 0.15) is 5.41 Å². The van der Waals surface area contributed by atoms with Crippen LogP contribution in [0.25, 0.3) is 22.0 Å². The summed E-state index contributed by atoms with van der Waals surface area (Å²) in [5.74, 6) is -1.28. The van der Waals surface area contributed by atoms with Crippen molar-refractivity contribution in [1.82, 2.24) is 4.98 Å². The van der Waals surface area contributed by atoms with E-state index in [2.05, 4.69) is 4.98 Å². The molecule has 7 nitrogen and oxygen atoms in total. The van der Waals surface area contributed by atoms with Crippen LogP contribution in [-0.2, 0) is 34.6 Å². The van der Waals surface area contributed by atoms with Gasteiger partial charge in [-0.05, 0) is 72.9 Å². The van der Waals surface area contributed by atoms with Gasteiger partial charge < -0.3 is 5.11 Å². The van der Waals surface area contributed by atoms with E-state index in [1.165, 1.54) is 18.4 Å². The third-order valence-electron chi connectivity index (χ3n) is 8.07. The summed E-state index contributed by atoms with van der Waals surface area (Å²) in [4.78, 5) is 17.3. The van der Waals surface area contributed by atoms with Gasteiger partial charge in [-0.2, -0.15) is 0 Å². The lowest BCUT2D eigenvalue weighted by molar-refractivity contribution is -0.140. The number of hydrogen-bond donors (Lipinski definition) is 1. The standard InChI is InChI=1S/C30H29NO6S2/c1-29(2,39(4,36)37)23-16-21-9-6-14-31-27(21)25(17-23)19-7-5-8-20(15-19)26-18-30(26,28(32)33)22-10-12-24(13-11-22)38(3,34)35/h5-17,26H,18H2,1-4H3,(H,32,33). The maximum absolute atomic E-state index is 12.6. The Kier molecular flexibility index (Phi) is 6.23. The van der Waals surface area contributed by atoms with Crippen LogP contribution in [0.3, 0.4) is 0 Å².